The van der Waals surface area contributed by atoms with Crippen LogP contribution in [-0.2, 0) is 4.74 Å². The van der Waals surface area contributed by atoms with Crippen molar-refractivity contribution in [3.05, 3.63) is 68.3 Å². The number of carbonyl (C=O) groups is 3. The van der Waals surface area contributed by atoms with E-state index >= 15 is 0 Å². The van der Waals surface area contributed by atoms with Crippen LogP contribution in [0.25, 0.3) is 0 Å². The van der Waals surface area contributed by atoms with Gasteiger partial charge in [0.05, 0.1) is 19.8 Å². The number of hydrogen-bond acceptors (Lipinski definition) is 10. The van der Waals surface area contributed by atoms with Gasteiger partial charge in [-0.15, -0.1) is 0 Å². The van der Waals surface area contributed by atoms with Crippen molar-refractivity contribution in [2.24, 2.45) is 0 Å². The Hall–Kier alpha value is -4.73. The van der Waals surface area contributed by atoms with Crippen LogP contribution in [0.5, 0.6) is 34.5 Å². The van der Waals surface area contributed by atoms with E-state index in [9.17, 15) is 29.7 Å². The third kappa shape index (κ3) is 5.18. The second-order valence-electron chi connectivity index (χ2n) is 9.06. The lowest BCUT2D eigenvalue weighted by molar-refractivity contribution is 0.0595. The number of aromatic hydroxyl groups is 3. The van der Waals surface area contributed by atoms with E-state index in [0.29, 0.717) is 22.3 Å². The highest BCUT2D eigenvalue weighted by molar-refractivity contribution is 5.99. The summed E-state index contributed by atoms with van der Waals surface area (Å²) in [5.74, 6) is -3.24. The molecule has 0 bridgehead atoms. The van der Waals surface area contributed by atoms with Gasteiger partial charge < -0.3 is 34.3 Å². The number of esters is 3. The van der Waals surface area contributed by atoms with Gasteiger partial charge in [-0.3, -0.25) is 0 Å². The molecule has 0 heterocycles. The first kappa shape index (κ1) is 28.8. The predicted molar refractivity (Wildman–Crippen MR) is 141 cm³/mol. The second kappa shape index (κ2) is 10.9. The van der Waals surface area contributed by atoms with Gasteiger partial charge in [0.25, 0.3) is 0 Å². The fourth-order valence-corrected chi connectivity index (χ4v) is 4.58. The summed E-state index contributed by atoms with van der Waals surface area (Å²) in [5.41, 5.74) is 2.08. The summed E-state index contributed by atoms with van der Waals surface area (Å²) in [5, 5.41) is 30.3. The average Bonchev–Trinajstić information content (AvgIpc) is 2.84. The smallest absolute Gasteiger partial charge is 0.347 e. The fourth-order valence-electron chi connectivity index (χ4n) is 4.58. The van der Waals surface area contributed by atoms with Crippen LogP contribution in [0.2, 0.25) is 0 Å². The standard InChI is InChI=1S/C29H30O10/c1-12-9-18(30)10-19(31)22(12)28(34)39-26-16(5)23(15(4)25(36-7)17(26)6)29(35)38-21-11-20(32)24(27(33)37-8)14(3)13(21)2/h9-11,30-32H,1-8H3. The maximum atomic E-state index is 13.5. The molecule has 206 valence electrons. The molecular formula is C29H30O10. The quantitative estimate of drug-likeness (QED) is 0.293. The molecule has 0 spiro atoms. The van der Waals surface area contributed by atoms with Crippen LogP contribution in [0.4, 0.5) is 0 Å². The first-order valence-corrected chi connectivity index (χ1v) is 11.8. The molecule has 10 nitrogen and oxygen atoms in total. The van der Waals surface area contributed by atoms with Crippen LogP contribution in [0.15, 0.2) is 18.2 Å². The van der Waals surface area contributed by atoms with Crippen molar-refractivity contribution >= 4 is 17.9 Å². The van der Waals surface area contributed by atoms with Gasteiger partial charge in [0.1, 0.15) is 45.6 Å². The Bertz CT molecular complexity index is 1490. The monoisotopic (exact) mass is 538 g/mol. The van der Waals surface area contributed by atoms with Crippen LogP contribution in [-0.4, -0.2) is 47.4 Å². The van der Waals surface area contributed by atoms with Gasteiger partial charge in [-0.2, -0.15) is 0 Å². The van der Waals surface area contributed by atoms with Crippen LogP contribution < -0.4 is 14.2 Å². The van der Waals surface area contributed by atoms with Crippen LogP contribution in [0.1, 0.15) is 64.5 Å². The molecule has 10 heteroatoms. The van der Waals surface area contributed by atoms with E-state index in [2.05, 4.69) is 0 Å². The predicted octanol–water partition coefficient (Wildman–Crippen LogP) is 4.89. The largest absolute Gasteiger partial charge is 0.508 e. The highest BCUT2D eigenvalue weighted by atomic mass is 16.5. The fraction of sp³-hybridized carbons (Fsp3) is 0.276. The Labute approximate surface area is 225 Å². The number of benzene rings is 3. The van der Waals surface area contributed by atoms with Crippen molar-refractivity contribution in [1.29, 1.82) is 0 Å². The van der Waals surface area contributed by atoms with Crippen molar-refractivity contribution in [3.63, 3.8) is 0 Å². The van der Waals surface area contributed by atoms with E-state index in [0.717, 1.165) is 12.1 Å². The average molecular weight is 539 g/mol. The van der Waals surface area contributed by atoms with Crippen molar-refractivity contribution < 1.29 is 48.7 Å². The number of hydrogen-bond donors (Lipinski definition) is 3. The zero-order valence-corrected chi connectivity index (χ0v) is 22.9. The molecule has 0 atom stereocenters. The molecule has 3 aromatic rings. The SMILES string of the molecule is COC(=O)c1c(O)cc(OC(=O)c2c(C)c(OC)c(C)c(OC(=O)c3c(C)cc(O)cc3O)c2C)c(C)c1C. The van der Waals surface area contributed by atoms with Crippen LogP contribution >= 0.6 is 0 Å². The van der Waals surface area contributed by atoms with Gasteiger partial charge in [-0.05, 0) is 64.3 Å². The van der Waals surface area contributed by atoms with E-state index in [-0.39, 0.29) is 50.8 Å². The second-order valence-corrected chi connectivity index (χ2v) is 9.06. The van der Waals surface area contributed by atoms with Gasteiger partial charge in [-0.25, -0.2) is 14.4 Å². The lowest BCUT2D eigenvalue weighted by atomic mass is 9.96. The highest BCUT2D eigenvalue weighted by Gasteiger charge is 2.29. The summed E-state index contributed by atoms with van der Waals surface area (Å²) in [6.45, 7) is 9.60. The number of rotatable bonds is 6. The molecule has 0 aliphatic heterocycles. The normalized spacial score (nSPS) is 10.7. The molecule has 3 aromatic carbocycles. The van der Waals surface area contributed by atoms with Crippen molar-refractivity contribution in [2.75, 3.05) is 14.2 Å². The van der Waals surface area contributed by atoms with Gasteiger partial charge in [0, 0.05) is 28.8 Å². The van der Waals surface area contributed by atoms with Gasteiger partial charge >= 0.3 is 17.9 Å². The third-order valence-corrected chi connectivity index (χ3v) is 6.64. The molecule has 0 aromatic heterocycles. The van der Waals surface area contributed by atoms with Gasteiger partial charge in [-0.1, -0.05) is 0 Å². The summed E-state index contributed by atoms with van der Waals surface area (Å²) in [6.07, 6.45) is 0. The number of ether oxygens (including phenoxy) is 4. The maximum absolute atomic E-state index is 13.5. The van der Waals surface area contributed by atoms with Crippen LogP contribution in [0.3, 0.4) is 0 Å². The minimum atomic E-state index is -0.906. The lowest BCUT2D eigenvalue weighted by Crippen LogP contribution is -2.18. The first-order valence-electron chi connectivity index (χ1n) is 11.8. The molecule has 3 N–H and O–H groups in total. The Morgan fingerprint density at radius 2 is 1.15 bits per heavy atom. The summed E-state index contributed by atoms with van der Waals surface area (Å²) in [6, 6.07) is 3.48. The number of phenols is 3. The molecule has 0 aliphatic rings. The third-order valence-electron chi connectivity index (χ3n) is 6.64. The van der Waals surface area contributed by atoms with E-state index in [4.69, 9.17) is 18.9 Å². The molecule has 0 fully saturated rings. The molecule has 0 unspecified atom stereocenters. The summed E-state index contributed by atoms with van der Waals surface area (Å²) in [7, 11) is 2.59. The lowest BCUT2D eigenvalue weighted by Gasteiger charge is -2.21. The first-order chi connectivity index (χ1) is 18.2. The summed E-state index contributed by atoms with van der Waals surface area (Å²) in [4.78, 5) is 38.6. The van der Waals surface area contributed by atoms with E-state index < -0.39 is 29.4 Å². The molecule has 0 radical (unpaired) electrons. The molecule has 3 rings (SSSR count). The molecule has 0 saturated carbocycles. The Kier molecular flexibility index (Phi) is 8.09. The summed E-state index contributed by atoms with van der Waals surface area (Å²) >= 11 is 0. The zero-order valence-electron chi connectivity index (χ0n) is 22.9. The minimum Gasteiger partial charge on any atom is -0.508 e. The van der Waals surface area contributed by atoms with Crippen molar-refractivity contribution in [1.82, 2.24) is 0 Å². The van der Waals surface area contributed by atoms with Crippen molar-refractivity contribution in [3.8, 4) is 34.5 Å². The maximum Gasteiger partial charge on any atom is 0.347 e. The molecule has 0 saturated heterocycles. The number of aryl methyl sites for hydroxylation is 1. The number of phenolic OH excluding ortho intramolecular Hbond substituents is 3. The van der Waals surface area contributed by atoms with E-state index in [1.807, 2.05) is 0 Å². The van der Waals surface area contributed by atoms with Gasteiger partial charge in [0.2, 0.25) is 0 Å². The van der Waals surface area contributed by atoms with E-state index in [1.54, 1.807) is 34.6 Å². The van der Waals surface area contributed by atoms with Gasteiger partial charge in [0.15, 0.2) is 0 Å². The van der Waals surface area contributed by atoms with Crippen LogP contribution in [0, 0.1) is 41.5 Å². The molecule has 39 heavy (non-hydrogen) atoms. The number of carbonyl (C=O) groups excluding carboxylic acids is 3. The highest BCUT2D eigenvalue weighted by Crippen LogP contribution is 2.40. The zero-order chi connectivity index (χ0) is 29.3. The van der Waals surface area contributed by atoms with E-state index in [1.165, 1.54) is 27.2 Å². The Balaban J connectivity index is 2.10. The molecule has 0 aliphatic carbocycles. The molecular weight excluding hydrogens is 508 g/mol. The Morgan fingerprint density at radius 1 is 0.590 bits per heavy atom. The topological polar surface area (TPSA) is 149 Å². The van der Waals surface area contributed by atoms with Crippen molar-refractivity contribution in [2.45, 2.75) is 41.5 Å². The number of methoxy groups -OCH3 is 2. The molecule has 0 amide bonds. The Morgan fingerprint density at radius 3 is 1.72 bits per heavy atom. The summed E-state index contributed by atoms with van der Waals surface area (Å²) < 4.78 is 21.5. The minimum absolute atomic E-state index is 0.0178.